The van der Waals surface area contributed by atoms with Gasteiger partial charge in [0.25, 0.3) is 0 Å². The molecule has 2 saturated heterocycles. The van der Waals surface area contributed by atoms with E-state index in [1.165, 1.54) is 29.8 Å². The van der Waals surface area contributed by atoms with Crippen LogP contribution in [0.25, 0.3) is 5.57 Å². The Morgan fingerprint density at radius 1 is 0.906 bits per heavy atom. The molecule has 2 aliphatic rings. The van der Waals surface area contributed by atoms with Crippen molar-refractivity contribution >= 4 is 23.8 Å². The van der Waals surface area contributed by atoms with Gasteiger partial charge in [-0.1, -0.05) is 36.8 Å². The van der Waals surface area contributed by atoms with Gasteiger partial charge in [-0.25, -0.2) is 18.8 Å². The Kier molecular flexibility index (Phi) is 8.57. The molecule has 4 rings (SSSR count). The minimum absolute atomic E-state index is 0. The highest BCUT2D eigenvalue weighted by Gasteiger charge is 2.35. The van der Waals surface area contributed by atoms with Gasteiger partial charge < -0.3 is 0 Å². The number of halogens is 3. The number of rotatable bonds is 6. The summed E-state index contributed by atoms with van der Waals surface area (Å²) in [5, 5.41) is 4.64. The number of benzene rings is 2. The molecular weight excluding hydrogens is 430 g/mol. The molecule has 0 N–H and O–H groups in total. The summed E-state index contributed by atoms with van der Waals surface area (Å²) in [6.45, 7) is 4.72. The maximum absolute atomic E-state index is 13.5. The van der Waals surface area contributed by atoms with Crippen molar-refractivity contribution in [1.82, 2.24) is 10.0 Å². The number of hydrazine groups is 1. The first-order valence-electron chi connectivity index (χ1n) is 11.3. The van der Waals surface area contributed by atoms with Crippen LogP contribution in [-0.4, -0.2) is 41.5 Å². The fraction of sp³-hybridized carbons (Fsp3) is 0.423. The second-order valence-electron chi connectivity index (χ2n) is 8.48. The summed E-state index contributed by atoms with van der Waals surface area (Å²) in [7, 11) is 0. The molecule has 0 aromatic heterocycles. The number of piperidine rings is 1. The smallest absolute Gasteiger partial charge is 0.151 e. The highest BCUT2D eigenvalue weighted by molar-refractivity contribution is 5.85. The highest BCUT2D eigenvalue weighted by Crippen LogP contribution is 2.34. The van der Waals surface area contributed by atoms with Crippen molar-refractivity contribution in [2.75, 3.05) is 19.6 Å². The van der Waals surface area contributed by atoms with Gasteiger partial charge in [0, 0.05) is 26.1 Å². The lowest BCUT2D eigenvalue weighted by Crippen LogP contribution is -2.50. The van der Waals surface area contributed by atoms with E-state index in [9.17, 15) is 13.6 Å². The third kappa shape index (κ3) is 5.45. The largest absolute Gasteiger partial charge is 0.298 e. The average Bonchev–Trinajstić information content (AvgIpc) is 3.27. The molecule has 2 aromatic rings. The Morgan fingerprint density at radius 3 is 1.94 bits per heavy atom. The Balaban J connectivity index is 0.00000289. The Labute approximate surface area is 195 Å². The molecule has 0 bridgehead atoms. The minimum atomic E-state index is -0.265. The van der Waals surface area contributed by atoms with Gasteiger partial charge in [0.15, 0.2) is 5.78 Å². The van der Waals surface area contributed by atoms with Gasteiger partial charge in [0.2, 0.25) is 0 Å². The SMILES string of the molecule is CCCC(=O)C1CCCN1N1CCC(=C(c2ccc(F)cc2)c2ccc(F)cc2)CC1.Cl. The molecule has 0 spiro atoms. The summed E-state index contributed by atoms with van der Waals surface area (Å²) in [4.78, 5) is 12.6. The summed E-state index contributed by atoms with van der Waals surface area (Å²) in [6, 6.07) is 13.1. The van der Waals surface area contributed by atoms with E-state index in [1.807, 2.05) is 0 Å². The number of hydrogen-bond donors (Lipinski definition) is 0. The molecule has 32 heavy (non-hydrogen) atoms. The Morgan fingerprint density at radius 2 is 1.44 bits per heavy atom. The molecule has 2 heterocycles. The Bertz CT molecular complexity index is 886. The van der Waals surface area contributed by atoms with Gasteiger partial charge in [-0.3, -0.25) is 4.79 Å². The number of nitrogens with zero attached hydrogens (tertiary/aromatic N) is 2. The topological polar surface area (TPSA) is 23.6 Å². The van der Waals surface area contributed by atoms with Gasteiger partial charge in [0.1, 0.15) is 11.6 Å². The fourth-order valence-corrected chi connectivity index (χ4v) is 4.91. The molecule has 1 atom stereocenters. The molecule has 2 aliphatic heterocycles. The second kappa shape index (κ2) is 11.2. The van der Waals surface area contributed by atoms with Crippen molar-refractivity contribution in [2.45, 2.75) is 51.5 Å². The molecule has 6 heteroatoms. The van der Waals surface area contributed by atoms with E-state index >= 15 is 0 Å². The summed E-state index contributed by atoms with van der Waals surface area (Å²) in [5.74, 6) is -0.169. The van der Waals surface area contributed by atoms with E-state index in [1.54, 1.807) is 24.3 Å². The molecule has 3 nitrogen and oxygen atoms in total. The summed E-state index contributed by atoms with van der Waals surface area (Å²) < 4.78 is 27.0. The molecule has 2 aromatic carbocycles. The third-order valence-electron chi connectivity index (χ3n) is 6.42. The first-order valence-corrected chi connectivity index (χ1v) is 11.3. The maximum atomic E-state index is 13.5. The van der Waals surface area contributed by atoms with E-state index < -0.39 is 0 Å². The van der Waals surface area contributed by atoms with Gasteiger partial charge >= 0.3 is 0 Å². The van der Waals surface area contributed by atoms with Crippen molar-refractivity contribution < 1.29 is 13.6 Å². The maximum Gasteiger partial charge on any atom is 0.151 e. The van der Waals surface area contributed by atoms with Crippen molar-refractivity contribution in [3.05, 3.63) is 76.9 Å². The van der Waals surface area contributed by atoms with Crippen LogP contribution in [0.1, 0.15) is 56.6 Å². The minimum Gasteiger partial charge on any atom is -0.298 e. The average molecular weight is 461 g/mol. The second-order valence-corrected chi connectivity index (χ2v) is 8.48. The van der Waals surface area contributed by atoms with Gasteiger partial charge in [-0.15, -0.1) is 12.4 Å². The Hall–Kier alpha value is -2.08. The first kappa shape index (κ1) is 24.6. The molecule has 172 valence electrons. The van der Waals surface area contributed by atoms with Crippen molar-refractivity contribution in [2.24, 2.45) is 0 Å². The molecule has 1 unspecified atom stereocenters. The van der Waals surface area contributed by atoms with Crippen LogP contribution >= 0.6 is 12.4 Å². The van der Waals surface area contributed by atoms with E-state index in [2.05, 4.69) is 16.9 Å². The molecular formula is C26H31ClF2N2O. The molecule has 0 amide bonds. The van der Waals surface area contributed by atoms with E-state index in [0.717, 1.165) is 68.4 Å². The number of carbonyl (C=O) groups excluding carboxylic acids is 1. The van der Waals surface area contributed by atoms with Crippen LogP contribution in [-0.2, 0) is 4.79 Å². The van der Waals surface area contributed by atoms with Crippen LogP contribution in [0, 0.1) is 11.6 Å². The molecule has 0 aliphatic carbocycles. The van der Waals surface area contributed by atoms with Gasteiger partial charge in [-0.05, 0) is 73.1 Å². The molecule has 0 radical (unpaired) electrons. The van der Waals surface area contributed by atoms with Crippen LogP contribution in [0.15, 0.2) is 54.1 Å². The van der Waals surface area contributed by atoms with E-state index in [0.29, 0.717) is 12.2 Å². The first-order chi connectivity index (χ1) is 15.1. The van der Waals surface area contributed by atoms with Crippen LogP contribution in [0.5, 0.6) is 0 Å². The zero-order valence-electron chi connectivity index (χ0n) is 18.5. The summed E-state index contributed by atoms with van der Waals surface area (Å²) in [6.07, 6.45) is 5.31. The quantitative estimate of drug-likeness (QED) is 0.525. The number of carbonyl (C=O) groups is 1. The van der Waals surface area contributed by atoms with Crippen molar-refractivity contribution in [3.63, 3.8) is 0 Å². The van der Waals surface area contributed by atoms with E-state index in [4.69, 9.17) is 0 Å². The van der Waals surface area contributed by atoms with Crippen molar-refractivity contribution in [3.8, 4) is 0 Å². The third-order valence-corrected chi connectivity index (χ3v) is 6.42. The predicted octanol–water partition coefficient (Wildman–Crippen LogP) is 6.03. The molecule has 0 saturated carbocycles. The normalized spacial score (nSPS) is 19.6. The lowest BCUT2D eigenvalue weighted by Gasteiger charge is -2.39. The highest BCUT2D eigenvalue weighted by atomic mass is 35.5. The fourth-order valence-electron chi connectivity index (χ4n) is 4.91. The van der Waals surface area contributed by atoms with E-state index in [-0.39, 0.29) is 30.1 Å². The molecule has 2 fully saturated rings. The zero-order chi connectivity index (χ0) is 21.8. The lowest BCUT2D eigenvalue weighted by molar-refractivity contribution is -0.131. The van der Waals surface area contributed by atoms with Gasteiger partial charge in [-0.2, -0.15) is 0 Å². The number of Topliss-reactive ketones (excluding diaryl/α,β-unsaturated/α-hetero) is 1. The van der Waals surface area contributed by atoms with Crippen LogP contribution in [0.2, 0.25) is 0 Å². The van der Waals surface area contributed by atoms with Crippen molar-refractivity contribution in [1.29, 1.82) is 0 Å². The van der Waals surface area contributed by atoms with Crippen LogP contribution in [0.3, 0.4) is 0 Å². The monoisotopic (exact) mass is 460 g/mol. The number of ketones is 1. The summed E-state index contributed by atoms with van der Waals surface area (Å²) in [5.41, 5.74) is 4.27. The van der Waals surface area contributed by atoms with Crippen LogP contribution < -0.4 is 0 Å². The van der Waals surface area contributed by atoms with Gasteiger partial charge in [0.05, 0.1) is 6.04 Å². The summed E-state index contributed by atoms with van der Waals surface area (Å²) >= 11 is 0. The van der Waals surface area contributed by atoms with Crippen LogP contribution in [0.4, 0.5) is 8.78 Å². The lowest BCUT2D eigenvalue weighted by atomic mass is 9.88. The number of hydrogen-bond acceptors (Lipinski definition) is 3. The predicted molar refractivity (Wildman–Crippen MR) is 127 cm³/mol. The zero-order valence-corrected chi connectivity index (χ0v) is 19.3. The standard InChI is InChI=1S/C26H30F2N2O.ClH/c1-2-4-25(31)24-5-3-16-30(24)29-17-14-21(15-18-29)26(19-6-10-22(27)11-7-19)20-8-12-23(28)13-9-20;/h6-13,24H,2-5,14-18H2,1H3;1H.